The number of aliphatic carboxylic acids is 1. The van der Waals surface area contributed by atoms with Crippen molar-refractivity contribution in [2.45, 2.75) is 18.9 Å². The minimum atomic E-state index is -1.25. The Kier molecular flexibility index (Phi) is 6.78. The Labute approximate surface area is 145 Å². The molecule has 126 valence electrons. The van der Waals surface area contributed by atoms with E-state index in [1.54, 1.807) is 29.6 Å². The van der Waals surface area contributed by atoms with Gasteiger partial charge in [-0.15, -0.1) is 0 Å². The van der Waals surface area contributed by atoms with Crippen molar-refractivity contribution in [2.75, 3.05) is 11.9 Å². The van der Waals surface area contributed by atoms with Gasteiger partial charge in [-0.2, -0.15) is 0 Å². The van der Waals surface area contributed by atoms with Gasteiger partial charge in [0.1, 0.15) is 6.04 Å². The first-order valence-corrected chi connectivity index (χ1v) is 8.06. The molecule has 1 atom stereocenters. The fourth-order valence-electron chi connectivity index (χ4n) is 2.34. The molecule has 0 saturated carbocycles. The van der Waals surface area contributed by atoms with Crippen LogP contribution in [0.4, 0.5) is 5.69 Å². The number of carbonyl (C=O) groups excluding carboxylic acids is 2. The van der Waals surface area contributed by atoms with Crippen molar-refractivity contribution in [3.8, 4) is 0 Å². The normalized spacial score (nSPS) is 11.7. The molecule has 0 aliphatic carbocycles. The van der Waals surface area contributed by atoms with Crippen LogP contribution in [0.25, 0.3) is 0 Å². The standard InChI is InChI=1S/C18H19ClN2O3/c19-14-7-4-8-15(11-14)21-17(22)12-16(18(23)24)20-10-9-13-5-2-1-3-6-13/h1-8,11,16,20H,9-10,12H2,(H,21,22)(H,23,24). The van der Waals surface area contributed by atoms with E-state index in [1.165, 1.54) is 0 Å². The van der Waals surface area contributed by atoms with Crippen LogP contribution in [-0.4, -0.2) is 24.5 Å². The molecular formula is C18H19ClN2O3. The van der Waals surface area contributed by atoms with E-state index in [9.17, 15) is 14.7 Å². The molecule has 3 N–H and O–H groups in total. The molecule has 2 aromatic rings. The Bertz CT molecular complexity index is 692. The Morgan fingerprint density at radius 3 is 2.54 bits per heavy atom. The Morgan fingerprint density at radius 1 is 1.12 bits per heavy atom. The van der Waals surface area contributed by atoms with Crippen LogP contribution in [0.2, 0.25) is 5.02 Å². The van der Waals surface area contributed by atoms with E-state index in [-0.39, 0.29) is 12.3 Å². The predicted octanol–water partition coefficient (Wildman–Crippen LogP) is 0.593. The second-order valence-corrected chi connectivity index (χ2v) is 5.88. The zero-order valence-electron chi connectivity index (χ0n) is 13.1. The van der Waals surface area contributed by atoms with Crippen LogP contribution in [0.3, 0.4) is 0 Å². The summed E-state index contributed by atoms with van der Waals surface area (Å²) in [6.07, 6.45) is 0.560. The zero-order chi connectivity index (χ0) is 17.4. The van der Waals surface area contributed by atoms with Gasteiger partial charge < -0.3 is 20.5 Å². The van der Waals surface area contributed by atoms with Crippen LogP contribution < -0.4 is 15.7 Å². The number of carboxylic acid groups (broad SMARTS) is 1. The summed E-state index contributed by atoms with van der Waals surface area (Å²) in [4.78, 5) is 23.2. The van der Waals surface area contributed by atoms with E-state index in [1.807, 2.05) is 30.3 Å². The average Bonchev–Trinajstić information content (AvgIpc) is 2.54. The van der Waals surface area contributed by atoms with Crippen molar-refractivity contribution in [1.29, 1.82) is 0 Å². The number of halogens is 1. The first-order valence-electron chi connectivity index (χ1n) is 7.68. The smallest absolute Gasteiger partial charge is 0.230 e. The Balaban J connectivity index is 1.84. The van der Waals surface area contributed by atoms with Crippen LogP contribution in [0, 0.1) is 0 Å². The molecule has 5 nitrogen and oxygen atoms in total. The fourth-order valence-corrected chi connectivity index (χ4v) is 2.53. The van der Waals surface area contributed by atoms with E-state index in [0.29, 0.717) is 17.3 Å². The lowest BCUT2D eigenvalue weighted by Crippen LogP contribution is -2.93. The van der Waals surface area contributed by atoms with Gasteiger partial charge in [-0.25, -0.2) is 0 Å². The number of quaternary nitrogens is 1. The van der Waals surface area contributed by atoms with Gasteiger partial charge in [0.15, 0.2) is 0 Å². The van der Waals surface area contributed by atoms with Crippen molar-refractivity contribution < 1.29 is 20.0 Å². The van der Waals surface area contributed by atoms with E-state index < -0.39 is 12.0 Å². The molecular weight excluding hydrogens is 328 g/mol. The summed E-state index contributed by atoms with van der Waals surface area (Å²) in [6, 6.07) is 15.5. The topological polar surface area (TPSA) is 85.8 Å². The summed E-state index contributed by atoms with van der Waals surface area (Å²) >= 11 is 5.85. The minimum absolute atomic E-state index is 0.163. The van der Waals surface area contributed by atoms with Crippen LogP contribution in [0.1, 0.15) is 12.0 Å². The highest BCUT2D eigenvalue weighted by Gasteiger charge is 2.18. The molecule has 2 aromatic carbocycles. The molecule has 0 aliphatic rings. The summed E-state index contributed by atoms with van der Waals surface area (Å²) < 4.78 is 0. The van der Waals surface area contributed by atoms with Gasteiger partial charge >= 0.3 is 0 Å². The number of carboxylic acids is 1. The SMILES string of the molecule is O=C(CC([NH2+]CCc1ccccc1)C(=O)[O-])Nc1cccc(Cl)c1. The van der Waals surface area contributed by atoms with E-state index in [4.69, 9.17) is 11.6 Å². The fraction of sp³-hybridized carbons (Fsp3) is 0.222. The summed E-state index contributed by atoms with van der Waals surface area (Å²) in [5, 5.41) is 16.0. The molecule has 1 unspecified atom stereocenters. The molecule has 0 aromatic heterocycles. The number of benzene rings is 2. The zero-order valence-corrected chi connectivity index (χ0v) is 13.8. The third-order valence-electron chi connectivity index (χ3n) is 3.54. The van der Waals surface area contributed by atoms with Gasteiger partial charge in [0.2, 0.25) is 5.91 Å². The maximum Gasteiger partial charge on any atom is 0.230 e. The molecule has 1 amide bonds. The van der Waals surface area contributed by atoms with Crippen molar-refractivity contribution in [1.82, 2.24) is 0 Å². The average molecular weight is 347 g/mol. The highest BCUT2D eigenvalue weighted by Crippen LogP contribution is 2.15. The lowest BCUT2D eigenvalue weighted by atomic mass is 10.1. The third-order valence-corrected chi connectivity index (χ3v) is 3.78. The number of nitrogens with one attached hydrogen (secondary N) is 1. The Hall–Kier alpha value is -2.37. The monoisotopic (exact) mass is 346 g/mol. The molecule has 0 spiro atoms. The first kappa shape index (κ1) is 18.0. The number of hydrogen-bond donors (Lipinski definition) is 2. The van der Waals surface area contributed by atoms with Crippen LogP contribution >= 0.6 is 11.6 Å². The Morgan fingerprint density at radius 2 is 1.88 bits per heavy atom. The van der Waals surface area contributed by atoms with Crippen molar-refractivity contribution in [2.24, 2.45) is 0 Å². The second kappa shape index (κ2) is 9.05. The quantitative estimate of drug-likeness (QED) is 0.733. The van der Waals surface area contributed by atoms with Crippen molar-refractivity contribution in [3.05, 3.63) is 65.2 Å². The number of nitrogens with two attached hydrogens (primary N) is 1. The maximum atomic E-state index is 12.0. The van der Waals surface area contributed by atoms with Gasteiger partial charge in [0.05, 0.1) is 18.9 Å². The molecule has 0 heterocycles. The highest BCUT2D eigenvalue weighted by atomic mass is 35.5. The number of carbonyl (C=O) groups is 2. The number of amides is 1. The lowest BCUT2D eigenvalue weighted by molar-refractivity contribution is -0.682. The summed E-state index contributed by atoms with van der Waals surface area (Å²) in [7, 11) is 0. The van der Waals surface area contributed by atoms with Gasteiger partial charge in [0.25, 0.3) is 0 Å². The number of hydrogen-bond acceptors (Lipinski definition) is 3. The molecule has 24 heavy (non-hydrogen) atoms. The van der Waals surface area contributed by atoms with Crippen LogP contribution in [-0.2, 0) is 16.0 Å². The van der Waals surface area contributed by atoms with E-state index in [0.717, 1.165) is 12.0 Å². The maximum absolute atomic E-state index is 12.0. The van der Waals surface area contributed by atoms with E-state index in [2.05, 4.69) is 5.32 Å². The third kappa shape index (κ3) is 6.02. The molecule has 0 saturated heterocycles. The lowest BCUT2D eigenvalue weighted by Gasteiger charge is -2.16. The van der Waals surface area contributed by atoms with Gasteiger partial charge in [-0.05, 0) is 23.8 Å². The minimum Gasteiger partial charge on any atom is -0.544 e. The van der Waals surface area contributed by atoms with Crippen molar-refractivity contribution in [3.63, 3.8) is 0 Å². The highest BCUT2D eigenvalue weighted by molar-refractivity contribution is 6.30. The molecule has 0 bridgehead atoms. The van der Waals surface area contributed by atoms with Crippen LogP contribution in [0.5, 0.6) is 0 Å². The summed E-state index contributed by atoms with van der Waals surface area (Å²) in [5.41, 5.74) is 1.66. The molecule has 0 fully saturated rings. The van der Waals surface area contributed by atoms with Crippen molar-refractivity contribution >= 4 is 29.2 Å². The first-order chi connectivity index (χ1) is 11.5. The molecule has 2 rings (SSSR count). The molecule has 0 aliphatic heterocycles. The second-order valence-electron chi connectivity index (χ2n) is 5.45. The van der Waals surface area contributed by atoms with E-state index >= 15 is 0 Å². The van der Waals surface area contributed by atoms with Gasteiger partial charge in [0, 0.05) is 17.1 Å². The molecule has 6 heteroatoms. The largest absolute Gasteiger partial charge is 0.544 e. The number of anilines is 1. The summed E-state index contributed by atoms with van der Waals surface area (Å²) in [5.74, 6) is -1.63. The van der Waals surface area contributed by atoms with Gasteiger partial charge in [-0.3, -0.25) is 4.79 Å². The molecule has 0 radical (unpaired) electrons. The predicted molar refractivity (Wildman–Crippen MR) is 90.4 cm³/mol. The van der Waals surface area contributed by atoms with Crippen LogP contribution in [0.15, 0.2) is 54.6 Å². The summed E-state index contributed by atoms with van der Waals surface area (Å²) in [6.45, 7) is 0.563. The van der Waals surface area contributed by atoms with Gasteiger partial charge in [-0.1, -0.05) is 48.0 Å². The number of rotatable bonds is 8.